The summed E-state index contributed by atoms with van der Waals surface area (Å²) in [5.41, 5.74) is 7.16. The Hall–Kier alpha value is -5.00. The zero-order valence-electron chi connectivity index (χ0n) is 30.6. The summed E-state index contributed by atoms with van der Waals surface area (Å²) in [6.45, 7) is 4.70. The van der Waals surface area contributed by atoms with Crippen molar-refractivity contribution in [2.75, 3.05) is 18.5 Å². The number of Topliss-reactive ketones (excluding diaryl/α,β-unsaturated/α-hetero) is 1. The van der Waals surface area contributed by atoms with Crippen LogP contribution in [0.3, 0.4) is 0 Å². The molecule has 14 nitrogen and oxygen atoms in total. The number of aromatic nitrogens is 1. The van der Waals surface area contributed by atoms with Crippen LogP contribution < -0.4 is 16.4 Å². The van der Waals surface area contributed by atoms with Crippen molar-refractivity contribution in [2.45, 2.75) is 77.2 Å². The Balaban J connectivity index is 1.89. The Morgan fingerprint density at radius 1 is 0.945 bits per heavy atom. The fourth-order valence-corrected chi connectivity index (χ4v) is 6.32. The topological polar surface area (TPSA) is 221 Å². The van der Waals surface area contributed by atoms with Crippen LogP contribution in [0, 0.1) is 17.0 Å². The molecule has 4 atom stereocenters. The lowest BCUT2D eigenvalue weighted by Gasteiger charge is -2.41. The molecule has 298 valence electrons. The van der Waals surface area contributed by atoms with E-state index in [4.69, 9.17) is 10.8 Å². The number of aliphatic carboxylic acids is 2. The number of aliphatic hydroxyl groups excluding tert-OH is 1. The van der Waals surface area contributed by atoms with Gasteiger partial charge in [-0.25, -0.2) is 13.6 Å². The van der Waals surface area contributed by atoms with Crippen molar-refractivity contribution in [3.8, 4) is 11.1 Å². The molecule has 0 saturated heterocycles. The van der Waals surface area contributed by atoms with Crippen LogP contribution in [-0.2, 0) is 35.3 Å². The van der Waals surface area contributed by atoms with Gasteiger partial charge in [-0.15, -0.1) is 0 Å². The maximum atomic E-state index is 15.0. The van der Waals surface area contributed by atoms with Crippen LogP contribution in [0.1, 0.15) is 63.8 Å². The number of hydrogen-bond donors (Lipinski definition) is 6. The zero-order valence-corrected chi connectivity index (χ0v) is 32.2. The van der Waals surface area contributed by atoms with Crippen LogP contribution in [0.25, 0.3) is 11.1 Å². The molecule has 3 amide bonds. The van der Waals surface area contributed by atoms with E-state index in [9.17, 15) is 43.4 Å². The van der Waals surface area contributed by atoms with E-state index in [0.717, 1.165) is 23.8 Å². The van der Waals surface area contributed by atoms with Gasteiger partial charge in [-0.3, -0.25) is 24.0 Å². The fraction of sp³-hybridized carbons (Fsp3) is 0.421. The highest BCUT2D eigenvalue weighted by molar-refractivity contribution is 9.09. The molecule has 0 aliphatic rings. The number of carboxylic acids is 2. The summed E-state index contributed by atoms with van der Waals surface area (Å²) < 4.78 is 31.1. The number of nitrogens with zero attached hydrogens (tertiary/aromatic N) is 2. The maximum absolute atomic E-state index is 15.0. The van der Waals surface area contributed by atoms with E-state index in [-0.39, 0.29) is 30.4 Å². The van der Waals surface area contributed by atoms with E-state index >= 15 is 4.39 Å². The fourth-order valence-electron chi connectivity index (χ4n) is 6.16. The summed E-state index contributed by atoms with van der Waals surface area (Å²) in [7, 11) is 0. The van der Waals surface area contributed by atoms with Crippen molar-refractivity contribution >= 4 is 51.4 Å². The summed E-state index contributed by atoms with van der Waals surface area (Å²) in [4.78, 5) is 75.7. The summed E-state index contributed by atoms with van der Waals surface area (Å²) >= 11 is 2.91. The number of alkyl halides is 1. The first kappa shape index (κ1) is 44.4. The highest BCUT2D eigenvalue weighted by Gasteiger charge is 2.38. The van der Waals surface area contributed by atoms with Crippen LogP contribution in [0.15, 0.2) is 60.8 Å². The zero-order chi connectivity index (χ0) is 41.0. The number of nitrogens with two attached hydrogens (primary N) is 1. The lowest BCUT2D eigenvalue weighted by molar-refractivity contribution is -0.143. The van der Waals surface area contributed by atoms with Gasteiger partial charge in [-0.2, -0.15) is 0 Å². The average Bonchev–Trinajstić information content (AvgIpc) is 3.53. The predicted molar refractivity (Wildman–Crippen MR) is 201 cm³/mol. The first-order chi connectivity index (χ1) is 25.9. The minimum Gasteiger partial charge on any atom is -0.481 e. The molecule has 1 heterocycles. The van der Waals surface area contributed by atoms with Gasteiger partial charge in [-0.1, -0.05) is 67.0 Å². The smallest absolute Gasteiger partial charge is 0.326 e. The van der Waals surface area contributed by atoms with E-state index < -0.39 is 103 Å². The Kier molecular flexibility index (Phi) is 16.2. The summed E-state index contributed by atoms with van der Waals surface area (Å²) in [5.74, 6) is -7.23. The lowest BCUT2D eigenvalue weighted by atomic mass is 9.82. The van der Waals surface area contributed by atoms with E-state index in [0.29, 0.717) is 11.3 Å². The SMILES string of the molecule is CC(C)(C)[C@H](c1cc(-c2cc(F)ccc2F)cn1Cc1ccccc1)N(CC[C@H](N)C(=O)NC(CCC(=O)[C@H](CC(=O)O)NC(=O)CBr)C(=O)O)C(=O)CO. The van der Waals surface area contributed by atoms with Crippen LogP contribution in [0.5, 0.6) is 0 Å². The van der Waals surface area contributed by atoms with Crippen LogP contribution in [-0.4, -0.2) is 96.8 Å². The van der Waals surface area contributed by atoms with E-state index in [1.807, 2.05) is 51.1 Å². The average molecular weight is 835 g/mol. The Morgan fingerprint density at radius 3 is 2.20 bits per heavy atom. The molecule has 17 heteroatoms. The Morgan fingerprint density at radius 2 is 1.62 bits per heavy atom. The van der Waals surface area contributed by atoms with Crippen LogP contribution in [0.4, 0.5) is 8.78 Å². The maximum Gasteiger partial charge on any atom is 0.326 e. The monoisotopic (exact) mass is 833 g/mol. The van der Waals surface area contributed by atoms with Gasteiger partial charge >= 0.3 is 11.9 Å². The van der Waals surface area contributed by atoms with Gasteiger partial charge in [0.05, 0.1) is 29.9 Å². The molecule has 0 spiro atoms. The minimum absolute atomic E-state index is 0.00442. The van der Waals surface area contributed by atoms with Crippen molar-refractivity contribution in [1.29, 1.82) is 0 Å². The number of carbonyl (C=O) groups excluding carboxylic acids is 4. The van der Waals surface area contributed by atoms with E-state index in [1.54, 1.807) is 16.8 Å². The minimum atomic E-state index is -1.61. The molecule has 0 saturated carbocycles. The van der Waals surface area contributed by atoms with Gasteiger partial charge in [0.2, 0.25) is 17.7 Å². The second-order valence-electron chi connectivity index (χ2n) is 14.1. The van der Waals surface area contributed by atoms with Crippen molar-refractivity contribution in [3.63, 3.8) is 0 Å². The largest absolute Gasteiger partial charge is 0.481 e. The molecule has 0 aliphatic carbocycles. The third kappa shape index (κ3) is 12.8. The molecule has 0 bridgehead atoms. The number of hydrogen-bond acceptors (Lipinski definition) is 8. The number of carbonyl (C=O) groups is 6. The first-order valence-electron chi connectivity index (χ1n) is 17.3. The number of rotatable bonds is 20. The molecular weight excluding hydrogens is 788 g/mol. The van der Waals surface area contributed by atoms with Crippen molar-refractivity contribution < 1.29 is 52.9 Å². The highest BCUT2D eigenvalue weighted by atomic mass is 79.9. The third-order valence-electron chi connectivity index (χ3n) is 8.77. The molecule has 7 N–H and O–H groups in total. The standard InChI is InChI=1S/C38H46BrF2N5O9/c1-38(2,3)35(30-15-23(25-16-24(40)9-10-26(25)41)20-45(30)19-22-7-5-4-6-8-22)46(33(50)21-47)14-13-27(42)36(53)44-28(37(54)55)11-12-31(48)29(17-34(51)52)43-32(49)18-39/h4-10,15-16,20,27-29,35,47H,11-14,17-19,21,42H2,1-3H3,(H,43,49)(H,44,53)(H,51,52)(H,54,55)/t27-,28?,29-,35-/m0/s1. The molecule has 0 fully saturated rings. The molecule has 0 aliphatic heterocycles. The van der Waals surface area contributed by atoms with Gasteiger partial charge in [0, 0.05) is 42.5 Å². The van der Waals surface area contributed by atoms with Crippen molar-refractivity contribution in [2.24, 2.45) is 11.1 Å². The Labute approximate surface area is 325 Å². The van der Waals surface area contributed by atoms with Gasteiger partial charge in [0.25, 0.3) is 0 Å². The summed E-state index contributed by atoms with van der Waals surface area (Å²) in [6.07, 6.45) is -0.232. The van der Waals surface area contributed by atoms with E-state index in [2.05, 4.69) is 26.6 Å². The third-order valence-corrected chi connectivity index (χ3v) is 9.28. The number of carboxylic acid groups (broad SMARTS) is 2. The van der Waals surface area contributed by atoms with Crippen LogP contribution in [0.2, 0.25) is 0 Å². The number of aliphatic hydroxyl groups is 1. The van der Waals surface area contributed by atoms with Crippen LogP contribution >= 0.6 is 15.9 Å². The van der Waals surface area contributed by atoms with Gasteiger partial charge < -0.3 is 41.2 Å². The second kappa shape index (κ2) is 20.1. The second-order valence-corrected chi connectivity index (χ2v) is 14.6. The molecule has 0 radical (unpaired) electrons. The molecule has 1 aromatic heterocycles. The number of benzene rings is 2. The summed E-state index contributed by atoms with van der Waals surface area (Å²) in [5, 5.41) is 33.3. The van der Waals surface area contributed by atoms with Crippen molar-refractivity contribution in [3.05, 3.63) is 83.7 Å². The first-order valence-corrected chi connectivity index (χ1v) is 18.5. The highest BCUT2D eigenvalue weighted by Crippen LogP contribution is 2.41. The Bertz CT molecular complexity index is 1850. The molecule has 2 aromatic carbocycles. The molecule has 3 rings (SSSR count). The molecule has 1 unspecified atom stereocenters. The molecule has 3 aromatic rings. The van der Waals surface area contributed by atoms with Gasteiger partial charge in [0.15, 0.2) is 5.78 Å². The molecule has 55 heavy (non-hydrogen) atoms. The molecular formula is C38H46BrF2N5O9. The van der Waals surface area contributed by atoms with Gasteiger partial charge in [-0.05, 0) is 48.1 Å². The van der Waals surface area contributed by atoms with Crippen molar-refractivity contribution in [1.82, 2.24) is 20.1 Å². The number of nitrogens with one attached hydrogen (secondary N) is 2. The van der Waals surface area contributed by atoms with E-state index in [1.165, 1.54) is 4.90 Å². The predicted octanol–water partition coefficient (Wildman–Crippen LogP) is 3.38. The number of ketones is 1. The van der Waals surface area contributed by atoms with Gasteiger partial charge in [0.1, 0.15) is 24.3 Å². The number of amides is 3. The number of halogens is 3. The lowest BCUT2D eigenvalue weighted by Crippen LogP contribution is -2.51. The quantitative estimate of drug-likeness (QED) is 0.0912. The summed E-state index contributed by atoms with van der Waals surface area (Å²) in [6, 6.07) is 8.79. The normalized spacial score (nSPS) is 13.6.